The highest BCUT2D eigenvalue weighted by Gasteiger charge is 2.07. The van der Waals surface area contributed by atoms with Crippen molar-refractivity contribution in [2.75, 3.05) is 0 Å². The van der Waals surface area contributed by atoms with Crippen molar-refractivity contribution >= 4 is 56.3 Å². The van der Waals surface area contributed by atoms with Crippen molar-refractivity contribution in [3.63, 3.8) is 0 Å². The van der Waals surface area contributed by atoms with Crippen molar-refractivity contribution in [1.82, 2.24) is 0 Å². The van der Waals surface area contributed by atoms with Crippen molar-refractivity contribution < 1.29 is 4.79 Å². The van der Waals surface area contributed by atoms with Gasteiger partial charge in [0.1, 0.15) is 0 Å². The lowest BCUT2D eigenvalue weighted by atomic mass is 10.2. The van der Waals surface area contributed by atoms with E-state index in [-0.39, 0.29) is 0 Å². The molecule has 0 aliphatic heterocycles. The largest absolute Gasteiger partial charge is 0.298 e. The number of carbonyl (C=O) groups is 1. The van der Waals surface area contributed by atoms with Crippen molar-refractivity contribution in [1.29, 1.82) is 0 Å². The molecule has 1 nitrogen and oxygen atoms in total. The summed E-state index contributed by atoms with van der Waals surface area (Å²) in [5.41, 5.74) is 0.644. The Kier molecular flexibility index (Phi) is 2.45. The quantitative estimate of drug-likeness (QED) is 0.618. The van der Waals surface area contributed by atoms with Crippen molar-refractivity contribution in [3.8, 4) is 0 Å². The number of thiophene rings is 1. The highest BCUT2D eigenvalue weighted by Crippen LogP contribution is 2.35. The van der Waals surface area contributed by atoms with E-state index < -0.39 is 0 Å². The second-order valence-corrected chi connectivity index (χ2v) is 4.76. The summed E-state index contributed by atoms with van der Waals surface area (Å²) in [4.78, 5) is 11.4. The summed E-state index contributed by atoms with van der Waals surface area (Å²) in [6.45, 7) is 0. The van der Waals surface area contributed by atoms with Crippen LogP contribution in [0.25, 0.3) is 10.1 Å². The van der Waals surface area contributed by atoms with Crippen LogP contribution in [0.1, 0.15) is 10.4 Å². The smallest absolute Gasteiger partial charge is 0.151 e. The summed E-state index contributed by atoms with van der Waals surface area (Å²) in [6.07, 6.45) is 0.829. The van der Waals surface area contributed by atoms with Crippen LogP contribution in [0.15, 0.2) is 26.9 Å². The molecule has 0 bridgehead atoms. The average molecular weight is 273 g/mol. The summed E-state index contributed by atoms with van der Waals surface area (Å²) in [6, 6.07) is 3.72. The Balaban J connectivity index is 2.87. The van der Waals surface area contributed by atoms with Crippen LogP contribution in [-0.2, 0) is 0 Å². The van der Waals surface area contributed by atoms with E-state index in [0.29, 0.717) is 5.56 Å². The summed E-state index contributed by atoms with van der Waals surface area (Å²) in [5.74, 6) is 0. The van der Waals surface area contributed by atoms with E-state index >= 15 is 0 Å². The molecule has 0 aliphatic carbocycles. The molecule has 13 heavy (non-hydrogen) atoms. The number of fused-ring (bicyclic) bond motifs is 1. The van der Waals surface area contributed by atoms with Crippen LogP contribution in [0.2, 0.25) is 0 Å². The highest BCUT2D eigenvalue weighted by atomic mass is 79.9. The van der Waals surface area contributed by atoms with Crippen LogP contribution < -0.4 is 0 Å². The average Bonchev–Trinajstić information content (AvgIpc) is 2.50. The Bertz CT molecular complexity index is 476. The predicted octanol–water partition coefficient (Wildman–Crippen LogP) is 3.77. The Morgan fingerprint density at radius 3 is 2.92 bits per heavy atom. The molecule has 0 unspecified atom stereocenters. The van der Waals surface area contributed by atoms with Gasteiger partial charge in [0.25, 0.3) is 0 Å². The van der Waals surface area contributed by atoms with Crippen molar-refractivity contribution in [3.05, 3.63) is 27.5 Å². The summed E-state index contributed by atoms with van der Waals surface area (Å²) >= 11 is 9.34. The van der Waals surface area contributed by atoms with Crippen LogP contribution in [0.3, 0.4) is 0 Å². The summed E-state index contributed by atoms with van der Waals surface area (Å²) in [5, 5.41) is 3.11. The zero-order chi connectivity index (χ0) is 9.42. The maximum absolute atomic E-state index is 10.6. The lowest BCUT2D eigenvalue weighted by molar-refractivity contribution is 0.112. The van der Waals surface area contributed by atoms with E-state index in [1.165, 1.54) is 0 Å². The van der Waals surface area contributed by atoms with Gasteiger partial charge in [-0.2, -0.15) is 0 Å². The van der Waals surface area contributed by atoms with E-state index in [0.717, 1.165) is 25.7 Å². The fourth-order valence-electron chi connectivity index (χ4n) is 1.16. The molecule has 2 rings (SSSR count). The molecule has 0 spiro atoms. The number of carbonyl (C=O) groups excluding carboxylic acids is 1. The molecular weight excluding hydrogens is 268 g/mol. The Labute approximate surface area is 93.3 Å². The van der Waals surface area contributed by atoms with Gasteiger partial charge in [-0.05, 0) is 22.0 Å². The van der Waals surface area contributed by atoms with Crippen LogP contribution in [-0.4, -0.2) is 6.29 Å². The maximum Gasteiger partial charge on any atom is 0.151 e. The number of hydrogen-bond donors (Lipinski definition) is 1. The van der Waals surface area contributed by atoms with E-state index in [1.807, 2.05) is 11.4 Å². The molecule has 0 N–H and O–H groups in total. The third-order valence-corrected chi connectivity index (χ3v) is 4.43. The Morgan fingerprint density at radius 2 is 2.23 bits per heavy atom. The fourth-order valence-corrected chi connectivity index (χ4v) is 3.19. The van der Waals surface area contributed by atoms with Gasteiger partial charge in [0.15, 0.2) is 6.29 Å². The molecule has 1 aromatic carbocycles. The van der Waals surface area contributed by atoms with Gasteiger partial charge in [-0.1, -0.05) is 6.07 Å². The van der Waals surface area contributed by atoms with Gasteiger partial charge < -0.3 is 0 Å². The lowest BCUT2D eigenvalue weighted by Crippen LogP contribution is -1.81. The van der Waals surface area contributed by atoms with E-state index in [9.17, 15) is 4.79 Å². The van der Waals surface area contributed by atoms with E-state index in [1.54, 1.807) is 17.4 Å². The first-order valence-electron chi connectivity index (χ1n) is 3.58. The molecule has 0 fully saturated rings. The second-order valence-electron chi connectivity index (χ2n) is 2.58. The molecule has 2 aromatic rings. The van der Waals surface area contributed by atoms with Gasteiger partial charge in [0.2, 0.25) is 0 Å². The molecule has 0 radical (unpaired) electrons. The lowest BCUT2D eigenvalue weighted by Gasteiger charge is -1.98. The third kappa shape index (κ3) is 1.43. The molecule has 0 saturated heterocycles. The molecule has 0 saturated carbocycles. The fraction of sp³-hybridized carbons (Fsp3) is 0. The minimum atomic E-state index is 0.644. The van der Waals surface area contributed by atoms with Gasteiger partial charge in [-0.25, -0.2) is 0 Å². The Hall–Kier alpha value is -0.320. The molecule has 1 heterocycles. The van der Waals surface area contributed by atoms with E-state index in [2.05, 4.69) is 28.6 Å². The van der Waals surface area contributed by atoms with Crippen LogP contribution in [0.4, 0.5) is 0 Å². The van der Waals surface area contributed by atoms with Gasteiger partial charge >= 0.3 is 0 Å². The predicted molar refractivity (Wildman–Crippen MR) is 62.2 cm³/mol. The summed E-state index contributed by atoms with van der Waals surface area (Å²) in [7, 11) is 0. The second kappa shape index (κ2) is 3.44. The van der Waals surface area contributed by atoms with Gasteiger partial charge in [-0.15, -0.1) is 24.0 Å². The molecule has 0 aliphatic rings. The molecule has 0 amide bonds. The van der Waals surface area contributed by atoms with Gasteiger partial charge in [0, 0.05) is 30.4 Å². The van der Waals surface area contributed by atoms with Gasteiger partial charge in [0.05, 0.1) is 0 Å². The minimum absolute atomic E-state index is 0.644. The molecular formula is C9H5BrOS2. The molecule has 4 heteroatoms. The zero-order valence-corrected chi connectivity index (χ0v) is 9.75. The SMILES string of the molecule is O=Cc1ccc2c(Br)csc2c1S. The minimum Gasteiger partial charge on any atom is -0.298 e. The number of aldehydes is 1. The Morgan fingerprint density at radius 1 is 1.46 bits per heavy atom. The number of halogens is 1. The number of rotatable bonds is 1. The van der Waals surface area contributed by atoms with Gasteiger partial charge in [-0.3, -0.25) is 4.79 Å². The first-order chi connectivity index (χ1) is 6.24. The topological polar surface area (TPSA) is 17.1 Å². The monoisotopic (exact) mass is 272 g/mol. The first-order valence-corrected chi connectivity index (χ1v) is 5.70. The van der Waals surface area contributed by atoms with Crippen molar-refractivity contribution in [2.45, 2.75) is 4.90 Å². The molecule has 0 atom stereocenters. The van der Waals surface area contributed by atoms with Crippen LogP contribution >= 0.6 is 39.9 Å². The van der Waals surface area contributed by atoms with Crippen LogP contribution in [0, 0.1) is 0 Å². The highest BCUT2D eigenvalue weighted by molar-refractivity contribution is 9.10. The van der Waals surface area contributed by atoms with E-state index in [4.69, 9.17) is 0 Å². The van der Waals surface area contributed by atoms with Crippen molar-refractivity contribution in [2.24, 2.45) is 0 Å². The summed E-state index contributed by atoms with van der Waals surface area (Å²) < 4.78 is 2.11. The number of hydrogen-bond acceptors (Lipinski definition) is 3. The standard InChI is InChI=1S/C9H5BrOS2/c10-7-4-13-9-6(7)2-1-5(3-11)8(9)12/h1-4,12H. The normalized spacial score (nSPS) is 10.6. The number of benzene rings is 1. The maximum atomic E-state index is 10.6. The zero-order valence-electron chi connectivity index (χ0n) is 6.45. The number of thiol groups is 1. The molecule has 1 aromatic heterocycles. The molecule has 66 valence electrons. The third-order valence-electron chi connectivity index (χ3n) is 1.83. The first kappa shape index (κ1) is 9.24. The van der Waals surface area contributed by atoms with Crippen LogP contribution in [0.5, 0.6) is 0 Å².